The molecular weight excluding hydrogens is 396 g/mol. The molecule has 0 aromatic carbocycles. The molecule has 9 heteroatoms. The Morgan fingerprint density at radius 2 is 2.07 bits per heavy atom. The molecule has 0 atom stereocenters. The third kappa shape index (κ3) is 2.60. The fourth-order valence-electron chi connectivity index (χ4n) is 3.64. The van der Waals surface area contributed by atoms with Crippen LogP contribution in [0.1, 0.15) is 58.5 Å². The molecule has 0 amide bonds. The van der Waals surface area contributed by atoms with E-state index in [4.69, 9.17) is 5.73 Å². The summed E-state index contributed by atoms with van der Waals surface area (Å²) in [6.45, 7) is 5.31. The van der Waals surface area contributed by atoms with Crippen molar-refractivity contribution in [2.24, 2.45) is 5.41 Å². The molecule has 1 aliphatic carbocycles. The number of nitriles is 1. The lowest BCUT2D eigenvalue weighted by atomic mass is 9.75. The Balaban J connectivity index is 2.08. The number of anilines is 1. The van der Waals surface area contributed by atoms with Crippen molar-refractivity contribution < 1.29 is 9.59 Å². The van der Waals surface area contributed by atoms with Crippen LogP contribution in [0.3, 0.4) is 0 Å². The molecular formula is C19H16N4O3S2. The lowest BCUT2D eigenvalue weighted by Gasteiger charge is -2.28. The number of ketones is 2. The maximum Gasteiger partial charge on any atom is 0.283 e. The van der Waals surface area contributed by atoms with Crippen LogP contribution in [-0.2, 0) is 6.42 Å². The maximum atomic E-state index is 13.1. The van der Waals surface area contributed by atoms with Gasteiger partial charge in [0.2, 0.25) is 0 Å². The van der Waals surface area contributed by atoms with Crippen molar-refractivity contribution in [1.29, 1.82) is 5.26 Å². The van der Waals surface area contributed by atoms with Gasteiger partial charge in [-0.05, 0) is 17.4 Å². The average Bonchev–Trinajstić information content (AvgIpc) is 3.15. The summed E-state index contributed by atoms with van der Waals surface area (Å²) in [5.41, 5.74) is 6.24. The number of nitrogens with zero attached hydrogens (tertiary/aromatic N) is 3. The number of nitrogen functional groups attached to an aromatic ring is 1. The van der Waals surface area contributed by atoms with E-state index in [9.17, 15) is 19.6 Å². The number of rotatable bonds is 2. The summed E-state index contributed by atoms with van der Waals surface area (Å²) in [5, 5.41) is 16.9. The van der Waals surface area contributed by atoms with Crippen LogP contribution >= 0.6 is 22.7 Å². The zero-order valence-corrected chi connectivity index (χ0v) is 17.1. The molecule has 0 fully saturated rings. The van der Waals surface area contributed by atoms with Gasteiger partial charge in [0.15, 0.2) is 11.6 Å². The highest BCUT2D eigenvalue weighted by Gasteiger charge is 2.36. The summed E-state index contributed by atoms with van der Waals surface area (Å²) < 4.78 is 1.06. The van der Waals surface area contributed by atoms with E-state index in [1.807, 2.05) is 13.8 Å². The third-order valence-electron chi connectivity index (χ3n) is 4.85. The second-order valence-corrected chi connectivity index (χ2v) is 9.56. The first-order valence-electron chi connectivity index (χ1n) is 8.55. The molecule has 0 bridgehead atoms. The minimum Gasteiger partial charge on any atom is -0.390 e. The molecule has 1 aliphatic rings. The van der Waals surface area contributed by atoms with Crippen LogP contribution in [0.15, 0.2) is 10.2 Å². The first-order chi connectivity index (χ1) is 13.1. The second-order valence-electron chi connectivity index (χ2n) is 7.65. The lowest BCUT2D eigenvalue weighted by Crippen LogP contribution is -2.26. The first kappa shape index (κ1) is 18.5. The highest BCUT2D eigenvalue weighted by molar-refractivity contribution is 7.17. The lowest BCUT2D eigenvalue weighted by molar-refractivity contribution is 0.0916. The minimum atomic E-state index is -0.499. The SMILES string of the molecule is CC(=O)c1nn(-c2sc3c(c2C#N)CC(C)(C)CC3=O)c(=O)c2c(N)scc12. The van der Waals surface area contributed by atoms with E-state index in [2.05, 4.69) is 11.2 Å². The number of nitrogens with two attached hydrogens (primary N) is 1. The molecule has 0 aliphatic heterocycles. The van der Waals surface area contributed by atoms with Gasteiger partial charge in [-0.3, -0.25) is 14.4 Å². The summed E-state index contributed by atoms with van der Waals surface area (Å²) in [4.78, 5) is 38.3. The molecule has 0 unspecified atom stereocenters. The number of hydrogen-bond acceptors (Lipinski definition) is 8. The summed E-state index contributed by atoms with van der Waals surface area (Å²) >= 11 is 2.24. The van der Waals surface area contributed by atoms with Crippen LogP contribution in [0.4, 0.5) is 5.00 Å². The van der Waals surface area contributed by atoms with Gasteiger partial charge < -0.3 is 5.73 Å². The number of carbonyl (C=O) groups is 2. The Labute approximate surface area is 168 Å². The van der Waals surface area contributed by atoms with Gasteiger partial charge in [0.25, 0.3) is 5.56 Å². The van der Waals surface area contributed by atoms with E-state index in [1.165, 1.54) is 6.92 Å². The van der Waals surface area contributed by atoms with E-state index in [-0.39, 0.29) is 43.6 Å². The normalized spacial score (nSPS) is 15.4. The van der Waals surface area contributed by atoms with Gasteiger partial charge in [0.05, 0.1) is 20.8 Å². The van der Waals surface area contributed by atoms with Crippen molar-refractivity contribution in [3.63, 3.8) is 0 Å². The van der Waals surface area contributed by atoms with Gasteiger partial charge >= 0.3 is 0 Å². The smallest absolute Gasteiger partial charge is 0.283 e. The predicted octanol–water partition coefficient (Wildman–Crippen LogP) is 3.32. The molecule has 0 saturated heterocycles. The van der Waals surface area contributed by atoms with Crippen LogP contribution in [-0.4, -0.2) is 21.3 Å². The summed E-state index contributed by atoms with van der Waals surface area (Å²) in [6.07, 6.45) is 0.937. The maximum absolute atomic E-state index is 13.1. The monoisotopic (exact) mass is 412 g/mol. The highest BCUT2D eigenvalue weighted by Crippen LogP contribution is 2.42. The summed E-state index contributed by atoms with van der Waals surface area (Å²) in [5.74, 6) is -0.358. The fourth-order valence-corrected chi connectivity index (χ4v) is 5.58. The van der Waals surface area contributed by atoms with Crippen molar-refractivity contribution in [2.75, 3.05) is 5.73 Å². The summed E-state index contributed by atoms with van der Waals surface area (Å²) in [6, 6.07) is 2.14. The Morgan fingerprint density at radius 3 is 2.71 bits per heavy atom. The van der Waals surface area contributed by atoms with Crippen molar-refractivity contribution in [3.8, 4) is 11.1 Å². The van der Waals surface area contributed by atoms with E-state index < -0.39 is 5.56 Å². The molecule has 2 N–H and O–H groups in total. The number of hydrogen-bond donors (Lipinski definition) is 1. The van der Waals surface area contributed by atoms with Gasteiger partial charge in [0, 0.05) is 24.1 Å². The van der Waals surface area contributed by atoms with E-state index in [0.717, 1.165) is 27.4 Å². The van der Waals surface area contributed by atoms with Gasteiger partial charge in [-0.2, -0.15) is 15.0 Å². The van der Waals surface area contributed by atoms with Crippen molar-refractivity contribution in [1.82, 2.24) is 9.78 Å². The molecule has 4 rings (SSSR count). The third-order valence-corrected chi connectivity index (χ3v) is 6.91. The Hall–Kier alpha value is -2.83. The van der Waals surface area contributed by atoms with E-state index >= 15 is 0 Å². The largest absolute Gasteiger partial charge is 0.390 e. The molecule has 0 saturated carbocycles. The Morgan fingerprint density at radius 1 is 1.36 bits per heavy atom. The highest BCUT2D eigenvalue weighted by atomic mass is 32.1. The molecule has 3 heterocycles. The molecule has 3 aromatic rings. The molecule has 0 spiro atoms. The van der Waals surface area contributed by atoms with Gasteiger partial charge in [-0.25, -0.2) is 0 Å². The zero-order chi connectivity index (χ0) is 20.4. The zero-order valence-electron chi connectivity index (χ0n) is 15.5. The number of fused-ring (bicyclic) bond motifs is 2. The predicted molar refractivity (Wildman–Crippen MR) is 109 cm³/mol. The van der Waals surface area contributed by atoms with Gasteiger partial charge in [-0.15, -0.1) is 22.7 Å². The number of thiophene rings is 2. The van der Waals surface area contributed by atoms with Crippen LogP contribution in [0.25, 0.3) is 15.8 Å². The van der Waals surface area contributed by atoms with Crippen LogP contribution in [0, 0.1) is 16.7 Å². The number of Topliss-reactive ketones (excluding diaryl/α,β-unsaturated/α-hetero) is 2. The average molecular weight is 412 g/mol. The molecule has 28 heavy (non-hydrogen) atoms. The first-order valence-corrected chi connectivity index (χ1v) is 10.2. The second kappa shape index (κ2) is 6.09. The standard InChI is InChI=1S/C19H16N4O3S2/c1-8(24)14-11-7-27-16(21)13(11)17(26)23(22-14)18-10(6-20)9-4-19(2,3)5-12(25)15(9)28-18/h7H,4-5,21H2,1-3H3. The quantitative estimate of drug-likeness (QED) is 0.645. The molecule has 3 aromatic heterocycles. The topological polar surface area (TPSA) is 119 Å². The van der Waals surface area contributed by atoms with Gasteiger partial charge in [0.1, 0.15) is 16.8 Å². The van der Waals surface area contributed by atoms with Crippen molar-refractivity contribution in [2.45, 2.75) is 33.6 Å². The molecule has 7 nitrogen and oxygen atoms in total. The number of aromatic nitrogens is 2. The fraction of sp³-hybridized carbons (Fsp3) is 0.316. The van der Waals surface area contributed by atoms with Crippen molar-refractivity contribution >= 4 is 50.0 Å². The molecule has 0 radical (unpaired) electrons. The Bertz CT molecular complexity index is 1290. The Kier molecular flexibility index (Phi) is 4.03. The van der Waals surface area contributed by atoms with E-state index in [0.29, 0.717) is 28.7 Å². The van der Waals surface area contributed by atoms with Crippen LogP contribution in [0.2, 0.25) is 0 Å². The minimum absolute atomic E-state index is 0.0463. The van der Waals surface area contributed by atoms with Crippen LogP contribution in [0.5, 0.6) is 0 Å². The summed E-state index contributed by atoms with van der Waals surface area (Å²) in [7, 11) is 0. The van der Waals surface area contributed by atoms with Gasteiger partial charge in [-0.1, -0.05) is 13.8 Å². The number of carbonyl (C=O) groups excluding carboxylic acids is 2. The molecule has 142 valence electrons. The van der Waals surface area contributed by atoms with Crippen LogP contribution < -0.4 is 11.3 Å². The van der Waals surface area contributed by atoms with E-state index in [1.54, 1.807) is 5.38 Å². The van der Waals surface area contributed by atoms with Crippen molar-refractivity contribution in [3.05, 3.63) is 37.4 Å².